The second kappa shape index (κ2) is 7.73. The third kappa shape index (κ3) is 4.53. The monoisotopic (exact) mass is 318 g/mol. The Morgan fingerprint density at radius 3 is 2.70 bits per heavy atom. The Kier molecular flexibility index (Phi) is 5.70. The minimum atomic E-state index is -0.755. The molecule has 3 N–H and O–H groups in total. The molecule has 0 aliphatic carbocycles. The second-order valence-corrected chi connectivity index (χ2v) is 5.36. The van der Waals surface area contributed by atoms with E-state index in [2.05, 4.69) is 20.8 Å². The molecular formula is C16H22N4O3. The van der Waals surface area contributed by atoms with E-state index in [0.717, 1.165) is 11.1 Å². The number of nitrogens with zero attached hydrogens (tertiary/aromatic N) is 2. The van der Waals surface area contributed by atoms with Gasteiger partial charge in [-0.05, 0) is 24.5 Å². The van der Waals surface area contributed by atoms with E-state index in [9.17, 15) is 9.90 Å². The summed E-state index contributed by atoms with van der Waals surface area (Å²) in [6.45, 7) is 5.66. The SMILES string of the molecule is CCC(NC(=O)NCC(O)c1ccccc1C)c1noc(C)n1. The first-order valence-electron chi connectivity index (χ1n) is 7.59. The van der Waals surface area contributed by atoms with Crippen molar-refractivity contribution in [3.63, 3.8) is 0 Å². The number of amides is 2. The number of aliphatic hydroxyl groups is 1. The van der Waals surface area contributed by atoms with Crippen LogP contribution in [-0.4, -0.2) is 27.8 Å². The molecule has 0 aliphatic rings. The first kappa shape index (κ1) is 17.0. The minimum Gasteiger partial charge on any atom is -0.387 e. The van der Waals surface area contributed by atoms with Crippen LogP contribution in [-0.2, 0) is 0 Å². The molecule has 2 unspecified atom stereocenters. The fourth-order valence-electron chi connectivity index (χ4n) is 2.27. The summed E-state index contributed by atoms with van der Waals surface area (Å²) in [5, 5.41) is 19.4. The smallest absolute Gasteiger partial charge is 0.315 e. The van der Waals surface area contributed by atoms with Gasteiger partial charge in [0.15, 0.2) is 5.82 Å². The standard InChI is InChI=1S/C16H22N4O3/c1-4-13(15-18-11(3)23-20-15)19-16(22)17-9-14(21)12-8-6-5-7-10(12)2/h5-8,13-14,21H,4,9H2,1-3H3,(H2,17,19,22). The van der Waals surface area contributed by atoms with Crippen molar-refractivity contribution in [2.24, 2.45) is 0 Å². The summed E-state index contributed by atoms with van der Waals surface area (Å²) >= 11 is 0. The highest BCUT2D eigenvalue weighted by atomic mass is 16.5. The van der Waals surface area contributed by atoms with E-state index in [1.165, 1.54) is 0 Å². The molecule has 2 atom stereocenters. The number of aryl methyl sites for hydroxylation is 2. The molecule has 2 amide bonds. The van der Waals surface area contributed by atoms with E-state index in [1.807, 2.05) is 38.1 Å². The summed E-state index contributed by atoms with van der Waals surface area (Å²) in [6.07, 6.45) is -0.123. The van der Waals surface area contributed by atoms with Crippen LogP contribution in [0.2, 0.25) is 0 Å². The van der Waals surface area contributed by atoms with E-state index < -0.39 is 6.10 Å². The number of carbonyl (C=O) groups is 1. The first-order chi connectivity index (χ1) is 11.0. The van der Waals surface area contributed by atoms with Gasteiger partial charge in [0.2, 0.25) is 5.89 Å². The molecule has 0 spiro atoms. The van der Waals surface area contributed by atoms with Crippen LogP contribution in [0, 0.1) is 13.8 Å². The molecule has 1 aromatic heterocycles. The summed E-state index contributed by atoms with van der Waals surface area (Å²) in [5.41, 5.74) is 1.78. The summed E-state index contributed by atoms with van der Waals surface area (Å²) in [4.78, 5) is 16.1. The van der Waals surface area contributed by atoms with Gasteiger partial charge in [0.05, 0.1) is 12.1 Å². The highest BCUT2D eigenvalue weighted by molar-refractivity contribution is 5.74. The number of carbonyl (C=O) groups excluding carboxylic acids is 1. The predicted molar refractivity (Wildman–Crippen MR) is 84.7 cm³/mol. The van der Waals surface area contributed by atoms with Gasteiger partial charge in [0, 0.05) is 13.5 Å². The zero-order valence-electron chi connectivity index (χ0n) is 13.5. The van der Waals surface area contributed by atoms with E-state index in [-0.39, 0.29) is 18.6 Å². The van der Waals surface area contributed by atoms with E-state index in [0.29, 0.717) is 18.1 Å². The normalized spacial score (nSPS) is 13.4. The van der Waals surface area contributed by atoms with Gasteiger partial charge in [0.1, 0.15) is 0 Å². The zero-order chi connectivity index (χ0) is 16.8. The van der Waals surface area contributed by atoms with E-state index >= 15 is 0 Å². The molecule has 7 heteroatoms. The van der Waals surface area contributed by atoms with Crippen LogP contribution in [0.25, 0.3) is 0 Å². The quantitative estimate of drug-likeness (QED) is 0.758. The number of benzene rings is 1. The number of hydrogen-bond acceptors (Lipinski definition) is 5. The number of rotatable bonds is 6. The van der Waals surface area contributed by atoms with Crippen LogP contribution in [0.4, 0.5) is 4.79 Å². The van der Waals surface area contributed by atoms with Gasteiger partial charge >= 0.3 is 6.03 Å². The van der Waals surface area contributed by atoms with Gasteiger partial charge in [-0.25, -0.2) is 4.79 Å². The fraction of sp³-hybridized carbons (Fsp3) is 0.438. The molecule has 2 rings (SSSR count). The third-order valence-corrected chi connectivity index (χ3v) is 3.57. The number of aliphatic hydroxyl groups excluding tert-OH is 1. The Bertz CT molecular complexity index is 656. The topological polar surface area (TPSA) is 100 Å². The second-order valence-electron chi connectivity index (χ2n) is 5.36. The highest BCUT2D eigenvalue weighted by Gasteiger charge is 2.18. The largest absolute Gasteiger partial charge is 0.387 e. The minimum absolute atomic E-state index is 0.123. The maximum Gasteiger partial charge on any atom is 0.315 e. The summed E-state index contributed by atoms with van der Waals surface area (Å²) < 4.78 is 4.93. The molecule has 23 heavy (non-hydrogen) atoms. The van der Waals surface area contributed by atoms with Gasteiger partial charge in [0.25, 0.3) is 0 Å². The molecule has 1 heterocycles. The van der Waals surface area contributed by atoms with Gasteiger partial charge in [-0.1, -0.05) is 36.3 Å². The van der Waals surface area contributed by atoms with Crippen molar-refractivity contribution < 1.29 is 14.4 Å². The molecule has 0 aliphatic heterocycles. The summed E-state index contributed by atoms with van der Waals surface area (Å²) in [5.74, 6) is 0.898. The molecular weight excluding hydrogens is 296 g/mol. The molecule has 7 nitrogen and oxygen atoms in total. The van der Waals surface area contributed by atoms with E-state index in [4.69, 9.17) is 4.52 Å². The van der Waals surface area contributed by atoms with Gasteiger partial charge in [-0.15, -0.1) is 0 Å². The van der Waals surface area contributed by atoms with Gasteiger partial charge in [-0.3, -0.25) is 0 Å². The number of nitrogens with one attached hydrogen (secondary N) is 2. The average Bonchev–Trinajstić information content (AvgIpc) is 2.97. The van der Waals surface area contributed by atoms with Crippen molar-refractivity contribution in [3.8, 4) is 0 Å². The van der Waals surface area contributed by atoms with Crippen molar-refractivity contribution in [1.29, 1.82) is 0 Å². The Morgan fingerprint density at radius 1 is 1.35 bits per heavy atom. The lowest BCUT2D eigenvalue weighted by atomic mass is 10.0. The molecule has 0 saturated heterocycles. The third-order valence-electron chi connectivity index (χ3n) is 3.57. The number of urea groups is 1. The highest BCUT2D eigenvalue weighted by Crippen LogP contribution is 2.16. The van der Waals surface area contributed by atoms with Gasteiger partial charge in [-0.2, -0.15) is 4.98 Å². The first-order valence-corrected chi connectivity index (χ1v) is 7.59. The number of aromatic nitrogens is 2. The van der Waals surface area contributed by atoms with Crippen LogP contribution in [0.3, 0.4) is 0 Å². The molecule has 0 bridgehead atoms. The van der Waals surface area contributed by atoms with Gasteiger partial charge < -0.3 is 20.3 Å². The lowest BCUT2D eigenvalue weighted by Crippen LogP contribution is -2.40. The molecule has 0 fully saturated rings. The number of hydrogen-bond donors (Lipinski definition) is 3. The van der Waals surface area contributed by atoms with Crippen LogP contribution in [0.5, 0.6) is 0 Å². The fourth-order valence-corrected chi connectivity index (χ4v) is 2.27. The molecule has 0 saturated carbocycles. The Labute approximate surface area is 135 Å². The van der Waals surface area contributed by atoms with Crippen molar-refractivity contribution in [2.45, 2.75) is 39.3 Å². The van der Waals surface area contributed by atoms with Crippen molar-refractivity contribution in [1.82, 2.24) is 20.8 Å². The van der Waals surface area contributed by atoms with Crippen LogP contribution in [0.15, 0.2) is 28.8 Å². The van der Waals surface area contributed by atoms with Crippen LogP contribution < -0.4 is 10.6 Å². The van der Waals surface area contributed by atoms with Crippen molar-refractivity contribution in [3.05, 3.63) is 47.1 Å². The Balaban J connectivity index is 1.88. The summed E-state index contributed by atoms with van der Waals surface area (Å²) in [6, 6.07) is 6.82. The zero-order valence-corrected chi connectivity index (χ0v) is 13.5. The maximum absolute atomic E-state index is 12.0. The lowest BCUT2D eigenvalue weighted by molar-refractivity contribution is 0.171. The molecule has 0 radical (unpaired) electrons. The van der Waals surface area contributed by atoms with Crippen LogP contribution in [0.1, 0.15) is 48.3 Å². The average molecular weight is 318 g/mol. The van der Waals surface area contributed by atoms with Crippen molar-refractivity contribution in [2.75, 3.05) is 6.54 Å². The van der Waals surface area contributed by atoms with E-state index in [1.54, 1.807) is 6.92 Å². The molecule has 124 valence electrons. The predicted octanol–water partition coefficient (Wildman–Crippen LogP) is 2.17. The Morgan fingerprint density at radius 2 is 2.09 bits per heavy atom. The maximum atomic E-state index is 12.0. The summed E-state index contributed by atoms with van der Waals surface area (Å²) in [7, 11) is 0. The Hall–Kier alpha value is -2.41. The van der Waals surface area contributed by atoms with Crippen LogP contribution >= 0.6 is 0 Å². The lowest BCUT2D eigenvalue weighted by Gasteiger charge is -2.17. The molecule has 1 aromatic carbocycles. The van der Waals surface area contributed by atoms with Crippen molar-refractivity contribution >= 4 is 6.03 Å². The molecule has 2 aromatic rings.